The van der Waals surface area contributed by atoms with Crippen molar-refractivity contribution in [1.29, 1.82) is 0 Å². The summed E-state index contributed by atoms with van der Waals surface area (Å²) >= 11 is 1.05. The molecule has 5 nitrogen and oxygen atoms in total. The van der Waals surface area contributed by atoms with Gasteiger partial charge in [-0.25, -0.2) is 4.79 Å². The number of hydrogen-bond donors (Lipinski definition) is 0. The van der Waals surface area contributed by atoms with Crippen LogP contribution in [0.5, 0.6) is 5.75 Å². The SMILES string of the molecule is COC(=O)c1ccc(C(=O)N(C)Cc2ccc(OC(F)F)cc2)s1. The molecule has 0 bridgehead atoms. The van der Waals surface area contributed by atoms with Gasteiger partial charge in [0.25, 0.3) is 5.91 Å². The number of benzene rings is 1. The molecule has 0 saturated carbocycles. The van der Waals surface area contributed by atoms with Gasteiger partial charge in [-0.05, 0) is 29.8 Å². The van der Waals surface area contributed by atoms with Crippen LogP contribution in [-0.2, 0) is 11.3 Å². The summed E-state index contributed by atoms with van der Waals surface area (Å²) in [7, 11) is 2.89. The fourth-order valence-corrected chi connectivity index (χ4v) is 2.89. The van der Waals surface area contributed by atoms with E-state index in [0.717, 1.165) is 16.9 Å². The van der Waals surface area contributed by atoms with Gasteiger partial charge in [-0.15, -0.1) is 11.3 Å². The highest BCUT2D eigenvalue weighted by Crippen LogP contribution is 2.20. The number of halogens is 2. The van der Waals surface area contributed by atoms with Crippen molar-refractivity contribution in [3.8, 4) is 5.75 Å². The van der Waals surface area contributed by atoms with Crippen LogP contribution >= 0.6 is 11.3 Å². The highest BCUT2D eigenvalue weighted by atomic mass is 32.1. The quantitative estimate of drug-likeness (QED) is 0.745. The molecule has 0 unspecified atom stereocenters. The summed E-state index contributed by atoms with van der Waals surface area (Å²) in [5.41, 5.74) is 0.761. The molecular weight excluding hydrogens is 340 g/mol. The summed E-state index contributed by atoms with van der Waals surface area (Å²) in [4.78, 5) is 26.0. The summed E-state index contributed by atoms with van der Waals surface area (Å²) in [6, 6.07) is 9.15. The number of carbonyl (C=O) groups excluding carboxylic acids is 2. The standard InChI is InChI=1S/C16H15F2NO4S/c1-19(9-10-3-5-11(6-4-10)23-16(17)18)14(20)12-7-8-13(24-12)15(21)22-2/h3-8,16H,9H2,1-2H3. The van der Waals surface area contributed by atoms with Gasteiger partial charge in [0.2, 0.25) is 0 Å². The van der Waals surface area contributed by atoms with E-state index in [4.69, 9.17) is 0 Å². The molecule has 1 aromatic heterocycles. The second kappa shape index (κ2) is 7.87. The minimum Gasteiger partial charge on any atom is -0.465 e. The molecule has 0 aliphatic carbocycles. The van der Waals surface area contributed by atoms with Gasteiger partial charge in [-0.2, -0.15) is 8.78 Å². The molecule has 24 heavy (non-hydrogen) atoms. The largest absolute Gasteiger partial charge is 0.465 e. The number of nitrogens with zero attached hydrogens (tertiary/aromatic N) is 1. The predicted octanol–water partition coefficient (Wildman–Crippen LogP) is 3.41. The first-order valence-corrected chi connectivity index (χ1v) is 7.69. The summed E-state index contributed by atoms with van der Waals surface area (Å²) < 4.78 is 33.1. The number of ether oxygens (including phenoxy) is 2. The maximum absolute atomic E-state index is 12.3. The first-order valence-electron chi connectivity index (χ1n) is 6.88. The van der Waals surface area contributed by atoms with Crippen LogP contribution < -0.4 is 4.74 Å². The Labute approximate surface area is 141 Å². The zero-order valence-electron chi connectivity index (χ0n) is 13.0. The molecule has 1 heterocycles. The van der Waals surface area contributed by atoms with Crippen LogP contribution in [0.4, 0.5) is 8.78 Å². The highest BCUT2D eigenvalue weighted by molar-refractivity contribution is 7.15. The van der Waals surface area contributed by atoms with Crippen molar-refractivity contribution in [1.82, 2.24) is 4.90 Å². The molecule has 0 atom stereocenters. The molecule has 0 saturated heterocycles. The second-order valence-corrected chi connectivity index (χ2v) is 5.92. The first-order chi connectivity index (χ1) is 11.4. The number of esters is 1. The van der Waals surface area contributed by atoms with Gasteiger partial charge < -0.3 is 14.4 Å². The van der Waals surface area contributed by atoms with Crippen molar-refractivity contribution >= 4 is 23.2 Å². The number of amides is 1. The third-order valence-corrected chi connectivity index (χ3v) is 4.17. The van der Waals surface area contributed by atoms with Crippen LogP contribution in [0.2, 0.25) is 0 Å². The Balaban J connectivity index is 2.00. The van der Waals surface area contributed by atoms with Crippen LogP contribution in [0.15, 0.2) is 36.4 Å². The van der Waals surface area contributed by atoms with E-state index in [1.54, 1.807) is 25.2 Å². The van der Waals surface area contributed by atoms with E-state index in [9.17, 15) is 18.4 Å². The Hall–Kier alpha value is -2.48. The van der Waals surface area contributed by atoms with Gasteiger partial charge in [0.15, 0.2) is 0 Å². The first kappa shape index (κ1) is 17.9. The Kier molecular flexibility index (Phi) is 5.86. The third-order valence-electron chi connectivity index (χ3n) is 3.12. The number of thiophene rings is 1. The topological polar surface area (TPSA) is 55.8 Å². The van der Waals surface area contributed by atoms with Gasteiger partial charge in [0.05, 0.1) is 12.0 Å². The van der Waals surface area contributed by atoms with Crippen LogP contribution in [0.25, 0.3) is 0 Å². The van der Waals surface area contributed by atoms with Crippen molar-refractivity contribution in [2.45, 2.75) is 13.2 Å². The summed E-state index contributed by atoms with van der Waals surface area (Å²) in [5, 5.41) is 0. The Morgan fingerprint density at radius 2 is 1.75 bits per heavy atom. The smallest absolute Gasteiger partial charge is 0.387 e. The fourth-order valence-electron chi connectivity index (χ4n) is 1.97. The van der Waals surface area contributed by atoms with Gasteiger partial charge in [0.1, 0.15) is 10.6 Å². The number of hydrogen-bond acceptors (Lipinski definition) is 5. The van der Waals surface area contributed by atoms with E-state index < -0.39 is 12.6 Å². The molecule has 8 heteroatoms. The van der Waals surface area contributed by atoms with E-state index in [1.807, 2.05) is 0 Å². The molecule has 0 fully saturated rings. The number of rotatable bonds is 6. The zero-order valence-corrected chi connectivity index (χ0v) is 13.8. The fraction of sp³-hybridized carbons (Fsp3) is 0.250. The Morgan fingerprint density at radius 3 is 2.33 bits per heavy atom. The van der Waals surface area contributed by atoms with E-state index >= 15 is 0 Å². The molecule has 2 aromatic rings. The number of methoxy groups -OCH3 is 1. The van der Waals surface area contributed by atoms with Gasteiger partial charge in [-0.3, -0.25) is 4.79 Å². The lowest BCUT2D eigenvalue weighted by molar-refractivity contribution is -0.0498. The average molecular weight is 355 g/mol. The predicted molar refractivity (Wildman–Crippen MR) is 84.5 cm³/mol. The van der Waals surface area contributed by atoms with Crippen LogP contribution in [0, 0.1) is 0 Å². The molecule has 1 aromatic carbocycles. The molecule has 0 N–H and O–H groups in total. The van der Waals surface area contributed by atoms with Crippen molar-refractivity contribution in [3.63, 3.8) is 0 Å². The van der Waals surface area contributed by atoms with Crippen molar-refractivity contribution < 1.29 is 27.8 Å². The zero-order chi connectivity index (χ0) is 17.7. The molecule has 1 amide bonds. The van der Waals surface area contributed by atoms with Crippen LogP contribution in [0.1, 0.15) is 24.9 Å². The minimum atomic E-state index is -2.87. The highest BCUT2D eigenvalue weighted by Gasteiger charge is 2.17. The lowest BCUT2D eigenvalue weighted by Crippen LogP contribution is -2.25. The maximum Gasteiger partial charge on any atom is 0.387 e. The van der Waals surface area contributed by atoms with Gasteiger partial charge in [0, 0.05) is 13.6 Å². The minimum absolute atomic E-state index is 0.0590. The molecule has 0 aliphatic rings. The molecule has 2 rings (SSSR count). The Bertz CT molecular complexity index is 715. The van der Waals surface area contributed by atoms with Gasteiger partial charge in [-0.1, -0.05) is 12.1 Å². The molecule has 0 radical (unpaired) electrons. The van der Waals surface area contributed by atoms with E-state index in [-0.39, 0.29) is 11.7 Å². The number of carbonyl (C=O) groups is 2. The maximum atomic E-state index is 12.3. The van der Waals surface area contributed by atoms with E-state index in [0.29, 0.717) is 16.3 Å². The van der Waals surface area contributed by atoms with Crippen LogP contribution in [0.3, 0.4) is 0 Å². The summed E-state index contributed by atoms with van der Waals surface area (Å²) in [5.74, 6) is -0.678. The second-order valence-electron chi connectivity index (χ2n) is 4.84. The average Bonchev–Trinajstić information content (AvgIpc) is 3.04. The summed E-state index contributed by atoms with van der Waals surface area (Å²) in [6.07, 6.45) is 0. The van der Waals surface area contributed by atoms with Crippen molar-refractivity contribution in [3.05, 3.63) is 51.7 Å². The molecule has 128 valence electrons. The molecule has 0 spiro atoms. The summed E-state index contributed by atoms with van der Waals surface area (Å²) in [6.45, 7) is -2.58. The normalized spacial score (nSPS) is 10.5. The van der Waals surface area contributed by atoms with Crippen molar-refractivity contribution in [2.24, 2.45) is 0 Å². The lowest BCUT2D eigenvalue weighted by Gasteiger charge is -2.16. The van der Waals surface area contributed by atoms with Gasteiger partial charge >= 0.3 is 12.6 Å². The van der Waals surface area contributed by atoms with E-state index in [2.05, 4.69) is 9.47 Å². The van der Waals surface area contributed by atoms with E-state index in [1.165, 1.54) is 30.2 Å². The molecular formula is C16H15F2NO4S. The lowest BCUT2D eigenvalue weighted by atomic mass is 10.2. The Morgan fingerprint density at radius 1 is 1.12 bits per heavy atom. The van der Waals surface area contributed by atoms with Crippen molar-refractivity contribution in [2.75, 3.05) is 14.2 Å². The third kappa shape index (κ3) is 4.51. The monoisotopic (exact) mass is 355 g/mol. The molecule has 0 aliphatic heterocycles. The number of alkyl halides is 2. The van der Waals surface area contributed by atoms with Crippen LogP contribution in [-0.4, -0.2) is 37.5 Å².